The number of aromatic carboxylic acids is 1. The van der Waals surface area contributed by atoms with Crippen molar-refractivity contribution in [2.45, 2.75) is 129 Å². The van der Waals surface area contributed by atoms with Crippen molar-refractivity contribution in [3.63, 3.8) is 0 Å². The van der Waals surface area contributed by atoms with Crippen molar-refractivity contribution in [2.75, 3.05) is 46.2 Å². The molecule has 2 heterocycles. The number of esters is 1. The normalized spacial score (nSPS) is 14.2. The molecule has 5 rings (SSSR count). The molecule has 2 aliphatic heterocycles. The average molecular weight is 849 g/mol. The fraction of sp³-hybridized carbons (Fsp3) is 0.510. The van der Waals surface area contributed by atoms with E-state index in [0.29, 0.717) is 61.2 Å². The minimum Gasteiger partial charge on any atom is -0.545 e. The molecule has 3 aliphatic rings. The molecule has 11 heteroatoms. The number of nitrogens with one attached hydrogen (secondary N) is 2. The first-order valence-electron chi connectivity index (χ1n) is 23.0. The highest BCUT2D eigenvalue weighted by Gasteiger charge is 2.34. The topological polar surface area (TPSA) is 144 Å². The van der Waals surface area contributed by atoms with Gasteiger partial charge < -0.3 is 34.6 Å². The Morgan fingerprint density at radius 1 is 0.774 bits per heavy atom. The molecule has 1 saturated heterocycles. The van der Waals surface area contributed by atoms with E-state index in [0.717, 1.165) is 53.3 Å². The molecule has 0 aromatic heterocycles. The maximum absolute atomic E-state index is 13.2. The first kappa shape index (κ1) is 47.6. The Kier molecular flexibility index (Phi) is 18.6. The van der Waals surface area contributed by atoms with E-state index in [9.17, 15) is 24.3 Å². The third-order valence-electron chi connectivity index (χ3n) is 11.8. The van der Waals surface area contributed by atoms with Crippen molar-refractivity contribution in [1.82, 2.24) is 15.2 Å². The SMILES string of the molecule is CCCCCCCCCCCCCC1OC(=O)/C1=C\CCCC(=O)NCCCCCNC(=O)c1ccc(-c2c3ccc(=[N+](C)C)cc-3oc3cc(N(C)C)ccc23)c(C(=O)[O-])c1. The van der Waals surface area contributed by atoms with Crippen LogP contribution in [0.25, 0.3) is 33.4 Å². The minimum absolute atomic E-state index is 0.0138. The lowest BCUT2D eigenvalue weighted by molar-refractivity contribution is -0.255. The first-order valence-corrected chi connectivity index (χ1v) is 23.0. The molecular formula is C51H68N4O7. The zero-order valence-corrected chi connectivity index (χ0v) is 37.7. The van der Waals surface area contributed by atoms with E-state index in [4.69, 9.17) is 9.15 Å². The van der Waals surface area contributed by atoms with E-state index in [1.165, 1.54) is 70.3 Å². The Morgan fingerprint density at radius 3 is 2.10 bits per heavy atom. The number of rotatable bonds is 26. The molecule has 0 bridgehead atoms. The molecule has 2 amide bonds. The van der Waals surface area contributed by atoms with Crippen LogP contribution in [0, 0.1) is 0 Å². The molecule has 0 spiro atoms. The van der Waals surface area contributed by atoms with Gasteiger partial charge in [-0.05, 0) is 80.8 Å². The van der Waals surface area contributed by atoms with Crippen LogP contribution in [0.3, 0.4) is 0 Å². The quantitative estimate of drug-likeness (QED) is 0.0211. The summed E-state index contributed by atoms with van der Waals surface area (Å²) in [4.78, 5) is 52.3. The highest BCUT2D eigenvalue weighted by Crippen LogP contribution is 2.42. The predicted octanol–water partition coefficient (Wildman–Crippen LogP) is 8.41. The molecule has 0 saturated carbocycles. The van der Waals surface area contributed by atoms with Crippen LogP contribution in [0.1, 0.15) is 143 Å². The highest BCUT2D eigenvalue weighted by atomic mass is 16.6. The van der Waals surface area contributed by atoms with Gasteiger partial charge in [0.25, 0.3) is 5.91 Å². The second-order valence-corrected chi connectivity index (χ2v) is 17.1. The number of carboxylic acids is 1. The summed E-state index contributed by atoms with van der Waals surface area (Å²) in [5, 5.41) is 20.2. The molecule has 62 heavy (non-hydrogen) atoms. The van der Waals surface area contributed by atoms with Gasteiger partial charge in [-0.3, -0.25) is 9.59 Å². The maximum Gasteiger partial charge on any atom is 0.338 e. The Bertz CT molecular complexity index is 2220. The molecule has 1 atom stereocenters. The highest BCUT2D eigenvalue weighted by molar-refractivity contribution is 6.09. The van der Waals surface area contributed by atoms with Gasteiger partial charge in [0, 0.05) is 79.1 Å². The lowest BCUT2D eigenvalue weighted by Crippen LogP contribution is -2.36. The maximum atomic E-state index is 13.2. The van der Waals surface area contributed by atoms with Crippen LogP contribution in [-0.4, -0.2) is 71.1 Å². The monoisotopic (exact) mass is 849 g/mol. The summed E-state index contributed by atoms with van der Waals surface area (Å²) in [5.41, 5.74) is 4.30. The molecule has 334 valence electrons. The summed E-state index contributed by atoms with van der Waals surface area (Å²) in [6, 6.07) is 16.3. The van der Waals surface area contributed by atoms with Crippen molar-refractivity contribution in [2.24, 2.45) is 0 Å². The molecule has 2 N–H and O–H groups in total. The predicted molar refractivity (Wildman–Crippen MR) is 246 cm³/mol. The summed E-state index contributed by atoms with van der Waals surface area (Å²) >= 11 is 0. The van der Waals surface area contributed by atoms with Gasteiger partial charge in [-0.25, -0.2) is 9.37 Å². The third kappa shape index (κ3) is 13.5. The molecule has 2 aromatic rings. The average Bonchev–Trinajstić information content (AvgIpc) is 3.25. The molecule has 11 nitrogen and oxygen atoms in total. The molecule has 0 radical (unpaired) electrons. The summed E-state index contributed by atoms with van der Waals surface area (Å²) in [6.45, 7) is 3.20. The van der Waals surface area contributed by atoms with E-state index in [1.807, 2.05) is 80.1 Å². The zero-order chi connectivity index (χ0) is 44.4. The lowest BCUT2D eigenvalue weighted by Gasteiger charge is -2.29. The van der Waals surface area contributed by atoms with E-state index in [1.54, 1.807) is 12.1 Å². The molecular weight excluding hydrogens is 781 g/mol. The third-order valence-corrected chi connectivity index (χ3v) is 11.8. The van der Waals surface area contributed by atoms with Gasteiger partial charge in [0.1, 0.15) is 31.5 Å². The summed E-state index contributed by atoms with van der Waals surface area (Å²) in [7, 11) is 7.77. The van der Waals surface area contributed by atoms with E-state index >= 15 is 0 Å². The van der Waals surface area contributed by atoms with Crippen LogP contribution < -0.4 is 30.6 Å². The Morgan fingerprint density at radius 2 is 1.44 bits per heavy atom. The second kappa shape index (κ2) is 24.3. The van der Waals surface area contributed by atoms with E-state index in [-0.39, 0.29) is 35.0 Å². The van der Waals surface area contributed by atoms with Gasteiger partial charge in [0.05, 0.1) is 17.6 Å². The number of amides is 2. The van der Waals surface area contributed by atoms with Crippen LogP contribution in [0.4, 0.5) is 5.69 Å². The van der Waals surface area contributed by atoms with Gasteiger partial charge in [-0.15, -0.1) is 0 Å². The Hall–Kier alpha value is -5.45. The molecule has 1 fully saturated rings. The number of benzene rings is 3. The van der Waals surface area contributed by atoms with Crippen LogP contribution in [0.2, 0.25) is 0 Å². The number of carbonyl (C=O) groups is 4. The van der Waals surface area contributed by atoms with Crippen LogP contribution in [0.15, 0.2) is 70.7 Å². The number of ether oxygens (including phenoxy) is 1. The molecule has 1 aliphatic carbocycles. The van der Waals surface area contributed by atoms with E-state index < -0.39 is 5.97 Å². The standard InChI is InChI=1S/C51H68N4O7/c1-6-7-8-9-10-11-12-13-14-15-17-23-44-42(51(60)62-44)22-18-19-24-47(56)52-31-20-16-21-32-53-49(57)36-25-28-39(43(33-36)50(58)59)48-40-29-26-37(54(2)3)34-45(40)61-46-35-38(55(4)5)27-30-41(46)48/h22,25-30,33-35,44H,6-21,23-24,31-32H2,1-5H3,(H2-,52,53,56,57,58,59)/b42-22-. The van der Waals surface area contributed by atoms with Gasteiger partial charge in [-0.2, -0.15) is 0 Å². The smallest absolute Gasteiger partial charge is 0.338 e. The number of allylic oxidation sites excluding steroid dienone is 1. The van der Waals surface area contributed by atoms with Crippen LogP contribution >= 0.6 is 0 Å². The molecule has 1 unspecified atom stereocenters. The summed E-state index contributed by atoms with van der Waals surface area (Å²) in [6.07, 6.45) is 20.9. The van der Waals surface area contributed by atoms with Crippen molar-refractivity contribution in [3.8, 4) is 22.5 Å². The van der Waals surface area contributed by atoms with E-state index in [2.05, 4.69) is 17.6 Å². The Labute approximate surface area is 368 Å². The van der Waals surface area contributed by atoms with Crippen molar-refractivity contribution in [1.29, 1.82) is 0 Å². The lowest BCUT2D eigenvalue weighted by atomic mass is 9.89. The number of unbranched alkanes of at least 4 members (excludes halogenated alkanes) is 13. The van der Waals surface area contributed by atoms with Crippen LogP contribution in [-0.2, 0) is 14.3 Å². The zero-order valence-electron chi connectivity index (χ0n) is 37.7. The van der Waals surface area contributed by atoms with Gasteiger partial charge >= 0.3 is 5.97 Å². The number of nitrogens with zero attached hydrogens (tertiary/aromatic N) is 2. The summed E-state index contributed by atoms with van der Waals surface area (Å²) < 4.78 is 13.8. The number of carbonyl (C=O) groups excluding carboxylic acids is 4. The number of hydrogen-bond donors (Lipinski definition) is 2. The fourth-order valence-electron chi connectivity index (χ4n) is 8.11. The Balaban J connectivity index is 1.02. The molecule has 2 aromatic carbocycles. The number of carboxylic acid groups (broad SMARTS) is 1. The number of anilines is 1. The first-order chi connectivity index (χ1) is 30.0. The number of hydrogen-bond acceptors (Lipinski definition) is 8. The van der Waals surface area contributed by atoms with Crippen molar-refractivity contribution in [3.05, 3.63) is 82.7 Å². The largest absolute Gasteiger partial charge is 0.545 e. The number of fused-ring (bicyclic) bond motifs is 2. The van der Waals surface area contributed by atoms with Gasteiger partial charge in [0.2, 0.25) is 11.3 Å². The minimum atomic E-state index is -1.38. The van der Waals surface area contributed by atoms with Gasteiger partial charge in [0.15, 0.2) is 0 Å². The second-order valence-electron chi connectivity index (χ2n) is 17.1. The van der Waals surface area contributed by atoms with Crippen molar-refractivity contribution >= 4 is 40.4 Å². The summed E-state index contributed by atoms with van der Waals surface area (Å²) in [5.74, 6) is -1.39. The van der Waals surface area contributed by atoms with Crippen LogP contribution in [0.5, 0.6) is 0 Å². The van der Waals surface area contributed by atoms with Crippen molar-refractivity contribution < 1.29 is 33.4 Å². The number of cyclic esters (lactones) is 1. The van der Waals surface area contributed by atoms with Gasteiger partial charge in [-0.1, -0.05) is 83.3 Å². The fourth-order valence-corrected chi connectivity index (χ4v) is 8.11.